The molecule has 1 aromatic heterocycles. The van der Waals surface area contributed by atoms with Crippen molar-refractivity contribution in [1.29, 1.82) is 0 Å². The molecule has 0 saturated carbocycles. The number of carbonyl (C=O) groups excluding carboxylic acids is 1. The van der Waals surface area contributed by atoms with Crippen LogP contribution >= 0.6 is 39.3 Å². The number of anilines is 1. The summed E-state index contributed by atoms with van der Waals surface area (Å²) >= 11 is 10.8. The van der Waals surface area contributed by atoms with E-state index in [1.807, 2.05) is 13.0 Å². The summed E-state index contributed by atoms with van der Waals surface area (Å²) in [6.45, 7) is 6.20. The molecule has 0 radical (unpaired) electrons. The van der Waals surface area contributed by atoms with Gasteiger partial charge < -0.3 is 9.88 Å². The number of benzene rings is 1. The lowest BCUT2D eigenvalue weighted by Crippen LogP contribution is -2.15. The minimum absolute atomic E-state index is 0.129. The number of hydrogen-bond acceptors (Lipinski definition) is 4. The topological polar surface area (TPSA) is 59.8 Å². The van der Waals surface area contributed by atoms with Crippen LogP contribution in [0.1, 0.15) is 32.6 Å². The number of nitrogens with one attached hydrogen (secondary N) is 1. The quantitative estimate of drug-likeness (QED) is 0.700. The zero-order valence-electron chi connectivity index (χ0n) is 13.1. The van der Waals surface area contributed by atoms with E-state index in [9.17, 15) is 4.79 Å². The number of hydrogen-bond donors (Lipinski definition) is 1. The average molecular weight is 418 g/mol. The van der Waals surface area contributed by atoms with E-state index in [4.69, 9.17) is 11.6 Å². The standard InChI is InChI=1S/C15H18BrClN4OS/c1-4-13-19-20-15(21(13)9(2)3)23-8-14(22)18-12-6-5-10(16)7-11(12)17/h5-7,9H,4,8H2,1-3H3,(H,18,22). The van der Waals surface area contributed by atoms with Gasteiger partial charge in [-0.1, -0.05) is 46.2 Å². The lowest BCUT2D eigenvalue weighted by molar-refractivity contribution is -0.113. The Morgan fingerprint density at radius 2 is 2.17 bits per heavy atom. The molecule has 1 heterocycles. The summed E-state index contributed by atoms with van der Waals surface area (Å²) in [6.07, 6.45) is 0.812. The third-order valence-corrected chi connectivity index (χ3v) is 4.85. The van der Waals surface area contributed by atoms with E-state index in [1.165, 1.54) is 11.8 Å². The van der Waals surface area contributed by atoms with Gasteiger partial charge in [0.1, 0.15) is 5.82 Å². The van der Waals surface area contributed by atoms with Crippen LogP contribution in [0.5, 0.6) is 0 Å². The normalized spacial score (nSPS) is 11.0. The molecule has 1 amide bonds. The first-order valence-corrected chi connectivity index (χ1v) is 9.39. The second-order valence-electron chi connectivity index (χ2n) is 5.18. The summed E-state index contributed by atoms with van der Waals surface area (Å²) in [6, 6.07) is 5.59. The number of nitrogens with zero attached hydrogens (tertiary/aromatic N) is 3. The number of halogens is 2. The van der Waals surface area contributed by atoms with Crippen molar-refractivity contribution in [3.63, 3.8) is 0 Å². The second-order valence-corrected chi connectivity index (χ2v) is 7.44. The number of rotatable bonds is 6. The SMILES string of the molecule is CCc1nnc(SCC(=O)Nc2ccc(Br)cc2Cl)n1C(C)C. The Balaban J connectivity index is 2.01. The van der Waals surface area contributed by atoms with Crippen LogP contribution in [0, 0.1) is 0 Å². The molecule has 0 unspecified atom stereocenters. The molecular formula is C15H18BrClN4OS. The van der Waals surface area contributed by atoms with Crippen LogP contribution in [0.3, 0.4) is 0 Å². The first-order chi connectivity index (χ1) is 10.9. The van der Waals surface area contributed by atoms with Crippen LogP contribution in [-0.2, 0) is 11.2 Å². The highest BCUT2D eigenvalue weighted by atomic mass is 79.9. The van der Waals surface area contributed by atoms with Gasteiger partial charge in [0.15, 0.2) is 5.16 Å². The van der Waals surface area contributed by atoms with Gasteiger partial charge in [-0.25, -0.2) is 0 Å². The van der Waals surface area contributed by atoms with E-state index in [2.05, 4.69) is 49.9 Å². The molecular weight excluding hydrogens is 400 g/mol. The smallest absolute Gasteiger partial charge is 0.234 e. The second kappa shape index (κ2) is 8.17. The molecule has 1 aromatic carbocycles. The third-order valence-electron chi connectivity index (χ3n) is 3.11. The molecule has 124 valence electrons. The van der Waals surface area contributed by atoms with E-state index >= 15 is 0 Å². The van der Waals surface area contributed by atoms with Crippen molar-refractivity contribution in [2.45, 2.75) is 38.4 Å². The summed E-state index contributed by atoms with van der Waals surface area (Å²) in [5, 5.41) is 12.4. The first-order valence-electron chi connectivity index (χ1n) is 7.23. The number of thioether (sulfide) groups is 1. The fourth-order valence-corrected chi connectivity index (χ4v) is 3.68. The highest BCUT2D eigenvalue weighted by Gasteiger charge is 2.15. The number of aryl methyl sites for hydroxylation is 1. The van der Waals surface area contributed by atoms with Crippen molar-refractivity contribution >= 4 is 50.9 Å². The molecule has 0 aliphatic heterocycles. The van der Waals surface area contributed by atoms with E-state index in [1.54, 1.807) is 12.1 Å². The van der Waals surface area contributed by atoms with Gasteiger partial charge in [0.25, 0.3) is 0 Å². The van der Waals surface area contributed by atoms with E-state index in [0.717, 1.165) is 21.9 Å². The van der Waals surface area contributed by atoms with Crippen LogP contribution in [0.4, 0.5) is 5.69 Å². The lowest BCUT2D eigenvalue weighted by Gasteiger charge is -2.13. The molecule has 0 atom stereocenters. The molecule has 0 fully saturated rings. The first kappa shape index (κ1) is 18.3. The Morgan fingerprint density at radius 3 is 2.78 bits per heavy atom. The third kappa shape index (κ3) is 4.71. The molecule has 0 saturated heterocycles. The molecule has 0 aliphatic carbocycles. The molecule has 1 N–H and O–H groups in total. The Labute approximate surface area is 153 Å². The highest BCUT2D eigenvalue weighted by Crippen LogP contribution is 2.26. The number of carbonyl (C=O) groups is 1. The van der Waals surface area contributed by atoms with Crippen molar-refractivity contribution < 1.29 is 4.79 Å². The molecule has 8 heteroatoms. The molecule has 2 aromatic rings. The highest BCUT2D eigenvalue weighted by molar-refractivity contribution is 9.10. The van der Waals surface area contributed by atoms with Crippen molar-refractivity contribution in [1.82, 2.24) is 14.8 Å². The van der Waals surface area contributed by atoms with Crippen LogP contribution in [-0.4, -0.2) is 26.4 Å². The maximum Gasteiger partial charge on any atom is 0.234 e. The fourth-order valence-electron chi connectivity index (χ4n) is 2.07. The molecule has 5 nitrogen and oxygen atoms in total. The van der Waals surface area contributed by atoms with Crippen LogP contribution in [0.25, 0.3) is 0 Å². The van der Waals surface area contributed by atoms with E-state index in [0.29, 0.717) is 10.7 Å². The predicted octanol–water partition coefficient (Wildman–Crippen LogP) is 4.57. The average Bonchev–Trinajstić information content (AvgIpc) is 2.91. The fraction of sp³-hybridized carbons (Fsp3) is 0.400. The van der Waals surface area contributed by atoms with Gasteiger partial charge >= 0.3 is 0 Å². The van der Waals surface area contributed by atoms with Gasteiger partial charge in [-0.3, -0.25) is 4.79 Å². The molecule has 0 aliphatic rings. The zero-order valence-corrected chi connectivity index (χ0v) is 16.3. The maximum absolute atomic E-state index is 12.1. The van der Waals surface area contributed by atoms with Crippen molar-refractivity contribution in [2.24, 2.45) is 0 Å². The van der Waals surface area contributed by atoms with Gasteiger partial charge in [-0.2, -0.15) is 0 Å². The molecule has 0 spiro atoms. The number of aromatic nitrogens is 3. The summed E-state index contributed by atoms with van der Waals surface area (Å²) in [5.41, 5.74) is 0.597. The minimum Gasteiger partial charge on any atom is -0.324 e. The molecule has 2 rings (SSSR count). The predicted molar refractivity (Wildman–Crippen MR) is 98.3 cm³/mol. The Hall–Kier alpha value is -1.05. The monoisotopic (exact) mass is 416 g/mol. The molecule has 0 bridgehead atoms. The Bertz CT molecular complexity index is 705. The summed E-state index contributed by atoms with van der Waals surface area (Å²) in [4.78, 5) is 12.1. The van der Waals surface area contributed by atoms with Crippen molar-refractivity contribution in [3.05, 3.63) is 33.5 Å². The van der Waals surface area contributed by atoms with E-state index in [-0.39, 0.29) is 17.7 Å². The van der Waals surface area contributed by atoms with Crippen LogP contribution < -0.4 is 5.32 Å². The Kier molecular flexibility index (Phi) is 6.50. The largest absolute Gasteiger partial charge is 0.324 e. The maximum atomic E-state index is 12.1. The van der Waals surface area contributed by atoms with Crippen LogP contribution in [0.15, 0.2) is 27.8 Å². The molecule has 23 heavy (non-hydrogen) atoms. The van der Waals surface area contributed by atoms with Crippen molar-refractivity contribution in [3.8, 4) is 0 Å². The minimum atomic E-state index is -0.129. The lowest BCUT2D eigenvalue weighted by atomic mass is 10.3. The van der Waals surface area contributed by atoms with Gasteiger partial charge in [0, 0.05) is 16.9 Å². The number of amides is 1. The van der Waals surface area contributed by atoms with Gasteiger partial charge in [0.2, 0.25) is 5.91 Å². The summed E-state index contributed by atoms with van der Waals surface area (Å²) in [5.74, 6) is 1.05. The van der Waals surface area contributed by atoms with Gasteiger partial charge in [-0.05, 0) is 32.0 Å². The summed E-state index contributed by atoms with van der Waals surface area (Å²) in [7, 11) is 0. The van der Waals surface area contributed by atoms with Gasteiger partial charge in [-0.15, -0.1) is 10.2 Å². The van der Waals surface area contributed by atoms with Crippen LogP contribution in [0.2, 0.25) is 5.02 Å². The zero-order chi connectivity index (χ0) is 17.0. The van der Waals surface area contributed by atoms with Crippen molar-refractivity contribution in [2.75, 3.05) is 11.1 Å². The Morgan fingerprint density at radius 1 is 1.43 bits per heavy atom. The summed E-state index contributed by atoms with van der Waals surface area (Å²) < 4.78 is 2.93. The van der Waals surface area contributed by atoms with Gasteiger partial charge in [0.05, 0.1) is 16.5 Å². The van der Waals surface area contributed by atoms with E-state index < -0.39 is 0 Å².